The molecule has 3 aliphatic carbocycles. The third kappa shape index (κ3) is 0.831. The molecule has 0 aromatic carbocycles. The fraction of sp³-hybridized carbons (Fsp3) is 1.00. The van der Waals surface area contributed by atoms with Gasteiger partial charge in [0, 0.05) is 0 Å². The van der Waals surface area contributed by atoms with Crippen LogP contribution in [-0.2, 0) is 0 Å². The Labute approximate surface area is 82.1 Å². The summed E-state index contributed by atoms with van der Waals surface area (Å²) in [5.41, 5.74) is 0.924. The summed E-state index contributed by atoms with van der Waals surface area (Å²) in [5, 5.41) is 0. The van der Waals surface area contributed by atoms with E-state index in [2.05, 4.69) is 13.8 Å². The Hall–Kier alpha value is 0. The minimum absolute atomic E-state index is 0.924. The minimum atomic E-state index is 0.924. The van der Waals surface area contributed by atoms with E-state index in [9.17, 15) is 0 Å². The second kappa shape index (κ2) is 2.52. The van der Waals surface area contributed by atoms with Gasteiger partial charge in [0.15, 0.2) is 0 Å². The third-order valence-corrected chi connectivity index (χ3v) is 5.52. The molecule has 3 saturated carbocycles. The van der Waals surface area contributed by atoms with Gasteiger partial charge < -0.3 is 0 Å². The van der Waals surface area contributed by atoms with Crippen molar-refractivity contribution in [3.8, 4) is 0 Å². The van der Waals surface area contributed by atoms with Crippen LogP contribution in [0, 0.1) is 29.1 Å². The van der Waals surface area contributed by atoms with E-state index in [4.69, 9.17) is 0 Å². The molecule has 0 bridgehead atoms. The zero-order valence-corrected chi connectivity index (χ0v) is 9.05. The van der Waals surface area contributed by atoms with Crippen LogP contribution in [0.15, 0.2) is 0 Å². The van der Waals surface area contributed by atoms with Crippen molar-refractivity contribution in [3.63, 3.8) is 0 Å². The highest BCUT2D eigenvalue weighted by atomic mass is 14.8. The molecule has 0 amide bonds. The molecule has 0 aliphatic heterocycles. The summed E-state index contributed by atoms with van der Waals surface area (Å²) in [5.74, 6) is 4.54. The van der Waals surface area contributed by atoms with Crippen molar-refractivity contribution in [2.75, 3.05) is 0 Å². The van der Waals surface area contributed by atoms with E-state index >= 15 is 0 Å². The largest absolute Gasteiger partial charge is 0.0654 e. The van der Waals surface area contributed by atoms with E-state index in [-0.39, 0.29) is 0 Å². The van der Waals surface area contributed by atoms with Gasteiger partial charge in [-0.2, -0.15) is 0 Å². The summed E-state index contributed by atoms with van der Waals surface area (Å²) in [6.07, 6.45) is 9.23. The zero-order valence-electron chi connectivity index (χ0n) is 9.05. The molecule has 0 aromatic rings. The van der Waals surface area contributed by atoms with Crippen LogP contribution in [0.5, 0.6) is 0 Å². The van der Waals surface area contributed by atoms with Crippen molar-refractivity contribution >= 4 is 0 Å². The molecule has 3 aliphatic rings. The van der Waals surface area contributed by atoms with Crippen molar-refractivity contribution in [1.82, 2.24) is 0 Å². The van der Waals surface area contributed by atoms with E-state index < -0.39 is 0 Å². The second-order valence-corrected chi connectivity index (χ2v) is 5.81. The molecule has 74 valence electrons. The highest BCUT2D eigenvalue weighted by molar-refractivity contribution is 5.20. The Balaban J connectivity index is 1.78. The van der Waals surface area contributed by atoms with Gasteiger partial charge in [0.05, 0.1) is 0 Å². The molecule has 0 saturated heterocycles. The molecule has 3 fully saturated rings. The Morgan fingerprint density at radius 2 is 2.15 bits per heavy atom. The van der Waals surface area contributed by atoms with Crippen molar-refractivity contribution in [3.05, 3.63) is 0 Å². The third-order valence-electron chi connectivity index (χ3n) is 5.52. The van der Waals surface area contributed by atoms with Crippen LogP contribution in [-0.4, -0.2) is 0 Å². The maximum atomic E-state index is 2.52. The van der Waals surface area contributed by atoms with Crippen LogP contribution >= 0.6 is 0 Å². The molecule has 0 nitrogen and oxygen atoms in total. The summed E-state index contributed by atoms with van der Waals surface area (Å²) in [6.45, 7) is 4.88. The molecule has 1 spiro atoms. The monoisotopic (exact) mass is 178 g/mol. The minimum Gasteiger partial charge on any atom is -0.0654 e. The lowest BCUT2D eigenvalue weighted by molar-refractivity contribution is -0.0729. The van der Waals surface area contributed by atoms with Gasteiger partial charge in [-0.1, -0.05) is 26.7 Å². The lowest BCUT2D eigenvalue weighted by Gasteiger charge is -2.55. The lowest BCUT2D eigenvalue weighted by atomic mass is 9.49. The molecule has 5 unspecified atom stereocenters. The molecule has 0 heterocycles. The summed E-state index contributed by atoms with van der Waals surface area (Å²) >= 11 is 0. The first-order chi connectivity index (χ1) is 6.30. The predicted octanol–water partition coefficient (Wildman–Crippen LogP) is 3.86. The quantitative estimate of drug-likeness (QED) is 0.602. The van der Waals surface area contributed by atoms with Gasteiger partial charge in [0.25, 0.3) is 0 Å². The summed E-state index contributed by atoms with van der Waals surface area (Å²) in [6, 6.07) is 0. The standard InChI is InChI=1S/C13H22/c1-3-5-11-9(2)12-7-4-6-10-8-13(10,11)12/h9-12H,3-8H2,1-2H3. The molecule has 0 radical (unpaired) electrons. The normalized spacial score (nSPS) is 57.7. The molecule has 3 rings (SSSR count). The van der Waals surface area contributed by atoms with Gasteiger partial charge in [-0.05, 0) is 54.8 Å². The number of rotatable bonds is 2. The smallest absolute Gasteiger partial charge is 0.0204 e. The number of hydrogen-bond acceptors (Lipinski definition) is 0. The van der Waals surface area contributed by atoms with Gasteiger partial charge in [0.2, 0.25) is 0 Å². The number of hydrogen-bond donors (Lipinski definition) is 0. The van der Waals surface area contributed by atoms with Crippen molar-refractivity contribution in [1.29, 1.82) is 0 Å². The van der Waals surface area contributed by atoms with E-state index in [1.807, 2.05) is 0 Å². The fourth-order valence-corrected chi connectivity index (χ4v) is 5.02. The van der Waals surface area contributed by atoms with Crippen LogP contribution < -0.4 is 0 Å². The van der Waals surface area contributed by atoms with Gasteiger partial charge in [-0.3, -0.25) is 0 Å². The molecule has 5 atom stereocenters. The van der Waals surface area contributed by atoms with Crippen LogP contribution in [0.1, 0.15) is 52.4 Å². The van der Waals surface area contributed by atoms with Crippen LogP contribution in [0.4, 0.5) is 0 Å². The predicted molar refractivity (Wildman–Crippen MR) is 55.4 cm³/mol. The average molecular weight is 178 g/mol. The van der Waals surface area contributed by atoms with Gasteiger partial charge in [-0.25, -0.2) is 0 Å². The highest BCUT2D eigenvalue weighted by Crippen LogP contribution is 2.78. The first-order valence-electron chi connectivity index (χ1n) is 6.30. The van der Waals surface area contributed by atoms with Crippen LogP contribution in [0.25, 0.3) is 0 Å². The summed E-state index contributed by atoms with van der Waals surface area (Å²) in [7, 11) is 0. The maximum absolute atomic E-state index is 2.52. The van der Waals surface area contributed by atoms with Gasteiger partial charge in [0.1, 0.15) is 0 Å². The maximum Gasteiger partial charge on any atom is -0.0204 e. The van der Waals surface area contributed by atoms with Crippen LogP contribution in [0.2, 0.25) is 0 Å². The molecule has 0 heteroatoms. The van der Waals surface area contributed by atoms with Crippen molar-refractivity contribution in [2.45, 2.75) is 52.4 Å². The molecule has 0 aromatic heterocycles. The summed E-state index contributed by atoms with van der Waals surface area (Å²) in [4.78, 5) is 0. The summed E-state index contributed by atoms with van der Waals surface area (Å²) < 4.78 is 0. The van der Waals surface area contributed by atoms with Gasteiger partial charge >= 0.3 is 0 Å². The first kappa shape index (κ1) is 8.32. The van der Waals surface area contributed by atoms with E-state index in [0.717, 1.165) is 23.2 Å². The zero-order chi connectivity index (χ0) is 9.05. The average Bonchev–Trinajstić information content (AvgIpc) is 2.88. The molecule has 13 heavy (non-hydrogen) atoms. The molecule has 0 N–H and O–H groups in total. The van der Waals surface area contributed by atoms with E-state index in [1.165, 1.54) is 18.8 Å². The topological polar surface area (TPSA) is 0 Å². The Bertz CT molecular complexity index is 220. The molecular formula is C13H22. The first-order valence-corrected chi connectivity index (χ1v) is 6.30. The van der Waals surface area contributed by atoms with Crippen molar-refractivity contribution < 1.29 is 0 Å². The lowest BCUT2D eigenvalue weighted by Crippen LogP contribution is -2.49. The second-order valence-electron chi connectivity index (χ2n) is 5.81. The SMILES string of the molecule is CCCC1C(C)C2CCCC3CC312. The van der Waals surface area contributed by atoms with Crippen LogP contribution in [0.3, 0.4) is 0 Å². The highest BCUT2D eigenvalue weighted by Gasteiger charge is 2.72. The fourth-order valence-electron chi connectivity index (χ4n) is 5.02. The van der Waals surface area contributed by atoms with E-state index in [0.29, 0.717) is 0 Å². The Morgan fingerprint density at radius 1 is 1.31 bits per heavy atom. The Kier molecular flexibility index (Phi) is 1.61. The Morgan fingerprint density at radius 3 is 2.92 bits per heavy atom. The van der Waals surface area contributed by atoms with Gasteiger partial charge in [-0.15, -0.1) is 0 Å². The van der Waals surface area contributed by atoms with E-state index in [1.54, 1.807) is 25.7 Å². The van der Waals surface area contributed by atoms with Crippen molar-refractivity contribution in [2.24, 2.45) is 29.1 Å². The molecular weight excluding hydrogens is 156 g/mol.